The maximum Gasteiger partial charge on any atom is 0.252 e. The van der Waals surface area contributed by atoms with E-state index in [1.165, 1.54) is 38.5 Å². The molecule has 0 spiro atoms. The van der Waals surface area contributed by atoms with Crippen LogP contribution in [0.3, 0.4) is 0 Å². The lowest BCUT2D eigenvalue weighted by Gasteiger charge is -2.30. The molecule has 3 rings (SSSR count). The first-order valence-electron chi connectivity index (χ1n) is 7.47. The third-order valence-electron chi connectivity index (χ3n) is 4.35. The van der Waals surface area contributed by atoms with E-state index >= 15 is 0 Å². The lowest BCUT2D eigenvalue weighted by atomic mass is 9.80. The number of nitrogens with two attached hydrogens (primary N) is 1. The highest BCUT2D eigenvalue weighted by molar-refractivity contribution is 5.02. The van der Waals surface area contributed by atoms with Crippen LogP contribution in [0.1, 0.15) is 56.2 Å². The predicted molar refractivity (Wildman–Crippen MR) is 70.4 cm³/mol. The van der Waals surface area contributed by atoms with Crippen LogP contribution >= 0.6 is 0 Å². The molecule has 1 aromatic heterocycles. The van der Waals surface area contributed by atoms with Crippen LogP contribution in [0.2, 0.25) is 0 Å². The van der Waals surface area contributed by atoms with E-state index in [9.17, 15) is 0 Å². The van der Waals surface area contributed by atoms with Gasteiger partial charge in [0, 0.05) is 5.92 Å². The van der Waals surface area contributed by atoms with Crippen LogP contribution in [0.15, 0.2) is 4.52 Å². The molecule has 1 aromatic rings. The standard InChI is InChI=1S/C14H23N3O2/c15-7-11-3-1-2-4-12(11)8-18-9-13-16-14(17-19-13)10-5-6-10/h10-12H,1-9,15H2. The van der Waals surface area contributed by atoms with Crippen molar-refractivity contribution in [3.05, 3.63) is 11.7 Å². The third kappa shape index (κ3) is 3.34. The number of rotatable bonds is 6. The van der Waals surface area contributed by atoms with E-state index < -0.39 is 0 Å². The molecular weight excluding hydrogens is 242 g/mol. The predicted octanol–water partition coefficient (Wildman–Crippen LogP) is 2.23. The molecule has 5 heteroatoms. The number of ether oxygens (including phenoxy) is 1. The Hall–Kier alpha value is -0.940. The van der Waals surface area contributed by atoms with Crippen molar-refractivity contribution in [3.8, 4) is 0 Å². The minimum Gasteiger partial charge on any atom is -0.371 e. The molecule has 2 aliphatic carbocycles. The Morgan fingerprint density at radius 2 is 1.95 bits per heavy atom. The first-order chi connectivity index (χ1) is 9.36. The van der Waals surface area contributed by atoms with Crippen molar-refractivity contribution in [1.29, 1.82) is 0 Å². The zero-order valence-electron chi connectivity index (χ0n) is 11.4. The van der Waals surface area contributed by atoms with E-state index in [2.05, 4.69) is 10.1 Å². The molecule has 5 nitrogen and oxygen atoms in total. The third-order valence-corrected chi connectivity index (χ3v) is 4.35. The second-order valence-electron chi connectivity index (χ2n) is 5.88. The Morgan fingerprint density at radius 3 is 2.68 bits per heavy atom. The van der Waals surface area contributed by atoms with Crippen molar-refractivity contribution in [2.24, 2.45) is 17.6 Å². The number of aromatic nitrogens is 2. The number of hydrogen-bond acceptors (Lipinski definition) is 5. The molecule has 19 heavy (non-hydrogen) atoms. The van der Waals surface area contributed by atoms with E-state index in [0.29, 0.717) is 30.3 Å². The molecule has 106 valence electrons. The average Bonchev–Trinajstić information content (AvgIpc) is 3.19. The van der Waals surface area contributed by atoms with E-state index in [1.54, 1.807) is 0 Å². The van der Waals surface area contributed by atoms with E-state index in [4.69, 9.17) is 15.0 Å². The van der Waals surface area contributed by atoms with Gasteiger partial charge in [-0.15, -0.1) is 0 Å². The number of hydrogen-bond donors (Lipinski definition) is 1. The van der Waals surface area contributed by atoms with Crippen LogP contribution in [-0.2, 0) is 11.3 Å². The Labute approximate surface area is 113 Å². The van der Waals surface area contributed by atoms with Crippen LogP contribution in [0, 0.1) is 11.8 Å². The van der Waals surface area contributed by atoms with Gasteiger partial charge < -0.3 is 15.0 Å². The minimum absolute atomic E-state index is 0.438. The van der Waals surface area contributed by atoms with Gasteiger partial charge in [0.1, 0.15) is 6.61 Å². The molecule has 2 saturated carbocycles. The second kappa shape index (κ2) is 6.01. The maximum absolute atomic E-state index is 5.82. The number of nitrogens with zero attached hydrogens (tertiary/aromatic N) is 2. The lowest BCUT2D eigenvalue weighted by molar-refractivity contribution is 0.0387. The fraction of sp³-hybridized carbons (Fsp3) is 0.857. The smallest absolute Gasteiger partial charge is 0.252 e. The normalized spacial score (nSPS) is 27.6. The van der Waals surface area contributed by atoms with Gasteiger partial charge in [0.2, 0.25) is 0 Å². The van der Waals surface area contributed by atoms with Gasteiger partial charge in [0.05, 0.1) is 6.61 Å². The molecule has 0 saturated heterocycles. The summed E-state index contributed by atoms with van der Waals surface area (Å²) in [5, 5.41) is 3.99. The molecule has 2 N–H and O–H groups in total. The first-order valence-corrected chi connectivity index (χ1v) is 7.47. The topological polar surface area (TPSA) is 74.2 Å². The Bertz CT molecular complexity index is 403. The first kappa shape index (κ1) is 13.1. The van der Waals surface area contributed by atoms with Gasteiger partial charge in [-0.2, -0.15) is 4.98 Å². The SMILES string of the molecule is NCC1CCCCC1COCc1nc(C2CC2)no1. The fourth-order valence-electron chi connectivity index (χ4n) is 2.95. The monoisotopic (exact) mass is 265 g/mol. The van der Waals surface area contributed by atoms with Gasteiger partial charge in [0.25, 0.3) is 5.89 Å². The summed E-state index contributed by atoms with van der Waals surface area (Å²) >= 11 is 0. The molecule has 2 atom stereocenters. The molecular formula is C14H23N3O2. The molecule has 0 aromatic carbocycles. The van der Waals surface area contributed by atoms with Gasteiger partial charge >= 0.3 is 0 Å². The molecule has 0 bridgehead atoms. The van der Waals surface area contributed by atoms with Gasteiger partial charge in [-0.05, 0) is 44.1 Å². The summed E-state index contributed by atoms with van der Waals surface area (Å²) in [6, 6.07) is 0. The van der Waals surface area contributed by atoms with E-state index in [1.807, 2.05) is 0 Å². The quantitative estimate of drug-likeness (QED) is 0.853. The van der Waals surface area contributed by atoms with Crippen LogP contribution in [0.4, 0.5) is 0 Å². The molecule has 2 fully saturated rings. The van der Waals surface area contributed by atoms with Gasteiger partial charge in [-0.3, -0.25) is 0 Å². The van der Waals surface area contributed by atoms with Crippen LogP contribution in [-0.4, -0.2) is 23.3 Å². The maximum atomic E-state index is 5.82. The summed E-state index contributed by atoms with van der Waals surface area (Å²) in [6.07, 6.45) is 7.49. The lowest BCUT2D eigenvalue weighted by Crippen LogP contribution is -2.29. The summed E-state index contributed by atoms with van der Waals surface area (Å²) in [5.74, 6) is 3.23. The van der Waals surface area contributed by atoms with Crippen LogP contribution in [0.25, 0.3) is 0 Å². The molecule has 0 amide bonds. The summed E-state index contributed by atoms with van der Waals surface area (Å²) in [4.78, 5) is 4.37. The summed E-state index contributed by atoms with van der Waals surface area (Å²) in [7, 11) is 0. The highest BCUT2D eigenvalue weighted by Gasteiger charge is 2.29. The average molecular weight is 265 g/mol. The van der Waals surface area contributed by atoms with Gasteiger partial charge in [-0.25, -0.2) is 0 Å². The summed E-state index contributed by atoms with van der Waals surface area (Å²) < 4.78 is 11.0. The van der Waals surface area contributed by atoms with Crippen molar-refractivity contribution in [1.82, 2.24) is 10.1 Å². The van der Waals surface area contributed by atoms with Crippen LogP contribution in [0.5, 0.6) is 0 Å². The second-order valence-corrected chi connectivity index (χ2v) is 5.88. The van der Waals surface area contributed by atoms with Crippen molar-refractivity contribution >= 4 is 0 Å². The zero-order chi connectivity index (χ0) is 13.1. The molecule has 2 aliphatic rings. The largest absolute Gasteiger partial charge is 0.371 e. The molecule has 0 aliphatic heterocycles. The molecule has 2 unspecified atom stereocenters. The van der Waals surface area contributed by atoms with E-state index in [-0.39, 0.29) is 0 Å². The van der Waals surface area contributed by atoms with Crippen molar-refractivity contribution in [2.75, 3.05) is 13.2 Å². The van der Waals surface area contributed by atoms with Crippen molar-refractivity contribution in [3.63, 3.8) is 0 Å². The Morgan fingerprint density at radius 1 is 1.16 bits per heavy atom. The van der Waals surface area contributed by atoms with Crippen molar-refractivity contribution < 1.29 is 9.26 Å². The van der Waals surface area contributed by atoms with Crippen molar-refractivity contribution in [2.45, 2.75) is 51.0 Å². The highest BCUT2D eigenvalue weighted by Crippen LogP contribution is 2.38. The molecule has 1 heterocycles. The summed E-state index contributed by atoms with van der Waals surface area (Å²) in [6.45, 7) is 1.98. The summed E-state index contributed by atoms with van der Waals surface area (Å²) in [5.41, 5.74) is 5.82. The Kier molecular flexibility index (Phi) is 4.13. The zero-order valence-corrected chi connectivity index (χ0v) is 11.4. The minimum atomic E-state index is 0.438. The fourth-order valence-corrected chi connectivity index (χ4v) is 2.95. The molecule has 0 radical (unpaired) electrons. The van der Waals surface area contributed by atoms with E-state index in [0.717, 1.165) is 19.0 Å². The Balaban J connectivity index is 1.43. The van der Waals surface area contributed by atoms with Crippen LogP contribution < -0.4 is 5.73 Å². The highest BCUT2D eigenvalue weighted by atomic mass is 16.5. The van der Waals surface area contributed by atoms with Gasteiger partial charge in [-0.1, -0.05) is 18.0 Å². The van der Waals surface area contributed by atoms with Gasteiger partial charge in [0.15, 0.2) is 5.82 Å².